The minimum atomic E-state index is -0.729. The van der Waals surface area contributed by atoms with Gasteiger partial charge in [-0.3, -0.25) is 4.79 Å². The summed E-state index contributed by atoms with van der Waals surface area (Å²) in [5, 5.41) is 14.8. The molecule has 2 aromatic rings. The molecule has 2 saturated heterocycles. The van der Waals surface area contributed by atoms with Crippen LogP contribution in [0.1, 0.15) is 25.7 Å². The Bertz CT molecular complexity index is 783. The van der Waals surface area contributed by atoms with Crippen molar-refractivity contribution < 1.29 is 14.7 Å². The second kappa shape index (κ2) is 8.21. The quantitative estimate of drug-likeness (QED) is 0.375. The Morgan fingerprint density at radius 3 is 2.92 bits per heavy atom. The van der Waals surface area contributed by atoms with Gasteiger partial charge in [-0.05, 0) is 12.8 Å². The number of rotatable bonds is 5. The molecule has 2 amide bonds. The van der Waals surface area contributed by atoms with Crippen molar-refractivity contribution in [1.82, 2.24) is 30.6 Å². The first-order valence-electron chi connectivity index (χ1n) is 8.34. The molecule has 0 aromatic carbocycles. The largest absolute Gasteiger partial charge is 0.481 e. The number of carbonyl (C=O) groups is 2. The number of aromatic amines is 1. The molecule has 0 unspecified atom stereocenters. The molecule has 2 aliphatic rings. The monoisotopic (exact) mass is 379 g/mol. The highest BCUT2D eigenvalue weighted by molar-refractivity contribution is 8.00. The van der Waals surface area contributed by atoms with Gasteiger partial charge in [0.1, 0.15) is 11.8 Å². The van der Waals surface area contributed by atoms with Crippen LogP contribution in [-0.2, 0) is 4.79 Å². The summed E-state index contributed by atoms with van der Waals surface area (Å²) in [6, 6.07) is 0.440. The molecule has 2 fully saturated rings. The smallest absolute Gasteiger partial charge is 0.315 e. The van der Waals surface area contributed by atoms with Gasteiger partial charge in [0.05, 0.1) is 18.4 Å². The van der Waals surface area contributed by atoms with E-state index in [1.54, 1.807) is 0 Å². The maximum atomic E-state index is 11.1. The molecule has 4 heterocycles. The number of carboxylic acids is 1. The molecule has 0 radical (unpaired) electrons. The van der Waals surface area contributed by atoms with E-state index < -0.39 is 5.97 Å². The number of aromatic nitrogens is 4. The van der Waals surface area contributed by atoms with Crippen molar-refractivity contribution in [2.75, 3.05) is 11.5 Å². The summed E-state index contributed by atoms with van der Waals surface area (Å²) in [7, 11) is 0. The summed E-state index contributed by atoms with van der Waals surface area (Å²) in [5.74, 6) is 0.669. The summed E-state index contributed by atoms with van der Waals surface area (Å²) in [6.07, 6.45) is 5.81. The van der Waals surface area contributed by atoms with Crippen LogP contribution in [-0.4, -0.2) is 60.1 Å². The highest BCUT2D eigenvalue weighted by atomic mass is 32.2. The lowest BCUT2D eigenvalue weighted by atomic mass is 10.0. The van der Waals surface area contributed by atoms with Gasteiger partial charge >= 0.3 is 12.0 Å². The van der Waals surface area contributed by atoms with Crippen molar-refractivity contribution >= 4 is 40.7 Å². The Morgan fingerprint density at radius 2 is 2.15 bits per heavy atom. The third-order valence-corrected chi connectivity index (χ3v) is 5.83. The van der Waals surface area contributed by atoms with Crippen LogP contribution >= 0.6 is 11.8 Å². The number of nitrogens with two attached hydrogens (primary N) is 1. The van der Waals surface area contributed by atoms with Gasteiger partial charge in [-0.15, -0.1) is 0 Å². The second-order valence-electron chi connectivity index (χ2n) is 6.12. The van der Waals surface area contributed by atoms with Crippen LogP contribution in [0.3, 0.4) is 0 Å². The molecular weight excluding hydrogens is 358 g/mol. The van der Waals surface area contributed by atoms with Gasteiger partial charge in [0.2, 0.25) is 0 Å². The predicted molar refractivity (Wildman–Crippen MR) is 97.7 cm³/mol. The summed E-state index contributed by atoms with van der Waals surface area (Å²) in [5.41, 5.74) is 6.78. The van der Waals surface area contributed by atoms with E-state index in [2.05, 4.69) is 30.6 Å². The number of imidazole rings is 1. The lowest BCUT2D eigenvalue weighted by Gasteiger charge is -2.16. The number of carboxylic acid groups (broad SMARTS) is 1. The summed E-state index contributed by atoms with van der Waals surface area (Å²) in [4.78, 5) is 35.8. The van der Waals surface area contributed by atoms with E-state index in [0.29, 0.717) is 22.2 Å². The Balaban J connectivity index is 0.000000167. The highest BCUT2D eigenvalue weighted by Gasteiger charge is 2.42. The lowest BCUT2D eigenvalue weighted by molar-refractivity contribution is -0.137. The number of aliphatic carboxylic acids is 1. The number of thioether (sulfide) groups is 1. The topological polar surface area (TPSA) is 159 Å². The normalized spacial score (nSPS) is 23.7. The van der Waals surface area contributed by atoms with Gasteiger partial charge in [0, 0.05) is 17.4 Å². The van der Waals surface area contributed by atoms with Crippen LogP contribution in [0, 0.1) is 0 Å². The highest BCUT2D eigenvalue weighted by Crippen LogP contribution is 2.33. The van der Waals surface area contributed by atoms with Crippen molar-refractivity contribution in [3.8, 4) is 0 Å². The molecule has 11 heteroatoms. The summed E-state index contributed by atoms with van der Waals surface area (Å²) < 4.78 is 0. The van der Waals surface area contributed by atoms with Crippen molar-refractivity contribution in [3.05, 3.63) is 12.7 Å². The average Bonchev–Trinajstić information content (AvgIpc) is 3.29. The number of H-pyrrole nitrogens is 1. The fourth-order valence-electron chi connectivity index (χ4n) is 3.05. The molecule has 10 nitrogen and oxygen atoms in total. The first-order valence-corrected chi connectivity index (χ1v) is 9.39. The summed E-state index contributed by atoms with van der Waals surface area (Å²) >= 11 is 1.87. The number of fused-ring (bicyclic) bond motifs is 2. The van der Waals surface area contributed by atoms with E-state index in [4.69, 9.17) is 10.8 Å². The number of urea groups is 1. The predicted octanol–water partition coefficient (Wildman–Crippen LogP) is 0.732. The number of nitrogens with one attached hydrogen (secondary N) is 3. The van der Waals surface area contributed by atoms with Gasteiger partial charge in [-0.2, -0.15) is 11.8 Å². The number of hydrogen-bond donors (Lipinski definition) is 5. The van der Waals surface area contributed by atoms with Crippen LogP contribution < -0.4 is 16.4 Å². The van der Waals surface area contributed by atoms with E-state index in [1.165, 1.54) is 12.7 Å². The molecule has 4 rings (SSSR count). The van der Waals surface area contributed by atoms with Crippen molar-refractivity contribution in [2.45, 2.75) is 43.0 Å². The van der Waals surface area contributed by atoms with Crippen LogP contribution in [0.5, 0.6) is 0 Å². The molecule has 0 aliphatic carbocycles. The SMILES string of the molecule is Nc1ncnc2nc[nH]c12.O=C(O)CCCC[C@@H]1SC[C@@H]2NC(=O)N[C@@H]21. The number of hydrogen-bond acceptors (Lipinski definition) is 7. The molecule has 6 N–H and O–H groups in total. The Hall–Kier alpha value is -2.56. The van der Waals surface area contributed by atoms with E-state index in [0.717, 1.165) is 25.0 Å². The Labute approximate surface area is 153 Å². The van der Waals surface area contributed by atoms with E-state index in [1.807, 2.05) is 11.8 Å². The number of amides is 2. The van der Waals surface area contributed by atoms with Gasteiger partial charge in [0.25, 0.3) is 0 Å². The fourth-order valence-corrected chi connectivity index (χ4v) is 4.59. The molecule has 0 spiro atoms. The van der Waals surface area contributed by atoms with Gasteiger partial charge in [-0.25, -0.2) is 19.7 Å². The number of unbranched alkanes of at least 4 members (excludes halogenated alkanes) is 1. The third kappa shape index (κ3) is 4.34. The van der Waals surface area contributed by atoms with Crippen LogP contribution in [0.25, 0.3) is 11.2 Å². The first kappa shape index (κ1) is 18.2. The molecule has 2 aromatic heterocycles. The lowest BCUT2D eigenvalue weighted by Crippen LogP contribution is -2.36. The van der Waals surface area contributed by atoms with Crippen molar-refractivity contribution in [3.63, 3.8) is 0 Å². The molecule has 26 heavy (non-hydrogen) atoms. The van der Waals surface area contributed by atoms with Crippen LogP contribution in [0.2, 0.25) is 0 Å². The molecule has 3 atom stereocenters. The zero-order valence-electron chi connectivity index (χ0n) is 14.0. The molecule has 0 saturated carbocycles. The van der Waals surface area contributed by atoms with Crippen molar-refractivity contribution in [2.24, 2.45) is 0 Å². The van der Waals surface area contributed by atoms with Gasteiger partial charge < -0.3 is 26.5 Å². The number of nitrogens with zero attached hydrogens (tertiary/aromatic N) is 3. The van der Waals surface area contributed by atoms with Gasteiger partial charge in [-0.1, -0.05) is 6.42 Å². The minimum absolute atomic E-state index is 0.0640. The maximum Gasteiger partial charge on any atom is 0.315 e. The number of carbonyl (C=O) groups excluding carboxylic acids is 1. The fraction of sp³-hybridized carbons (Fsp3) is 0.533. The third-order valence-electron chi connectivity index (χ3n) is 4.32. The first-order chi connectivity index (χ1) is 12.5. The zero-order valence-corrected chi connectivity index (χ0v) is 14.8. The molecular formula is C15H21N7O3S. The zero-order chi connectivity index (χ0) is 18.5. The van der Waals surface area contributed by atoms with E-state index >= 15 is 0 Å². The Kier molecular flexibility index (Phi) is 5.76. The molecule has 0 bridgehead atoms. The standard InChI is InChI=1S/C10H16N2O3S.C5H5N5/c13-8(14)4-2-1-3-7-9-6(5-16-7)11-10(15)12-9;6-4-3-5(9-1-7-3)10-2-8-4/h6-7,9H,1-5H2,(H,13,14)(H2,11,12,15);1-2H,(H3,6,7,8,9,10)/t6-,7-,9-;/m0./s1. The van der Waals surface area contributed by atoms with E-state index in [9.17, 15) is 9.59 Å². The van der Waals surface area contributed by atoms with Crippen LogP contribution in [0.4, 0.5) is 10.6 Å². The van der Waals surface area contributed by atoms with Crippen LogP contribution in [0.15, 0.2) is 12.7 Å². The Morgan fingerprint density at radius 1 is 1.31 bits per heavy atom. The molecule has 2 aliphatic heterocycles. The summed E-state index contributed by atoms with van der Waals surface area (Å²) in [6.45, 7) is 0. The van der Waals surface area contributed by atoms with Gasteiger partial charge in [0.15, 0.2) is 11.5 Å². The minimum Gasteiger partial charge on any atom is -0.481 e. The number of anilines is 1. The van der Waals surface area contributed by atoms with Crippen molar-refractivity contribution in [1.29, 1.82) is 0 Å². The maximum absolute atomic E-state index is 11.1. The number of nitrogen functional groups attached to an aromatic ring is 1. The second-order valence-corrected chi connectivity index (χ2v) is 7.39. The molecule has 140 valence electrons. The average molecular weight is 379 g/mol. The van der Waals surface area contributed by atoms with E-state index in [-0.39, 0.29) is 24.5 Å².